The maximum atomic E-state index is 13.5. The molecule has 106 valence electrons. The molecule has 19 heavy (non-hydrogen) atoms. The Morgan fingerprint density at radius 2 is 1.89 bits per heavy atom. The Balaban J connectivity index is 3.09. The van der Waals surface area contributed by atoms with E-state index in [4.69, 9.17) is 0 Å². The molecule has 0 bridgehead atoms. The summed E-state index contributed by atoms with van der Waals surface area (Å²) >= 11 is 0. The second-order valence-electron chi connectivity index (χ2n) is 4.77. The van der Waals surface area contributed by atoms with Gasteiger partial charge < -0.3 is 4.90 Å². The van der Waals surface area contributed by atoms with Gasteiger partial charge in [-0.2, -0.15) is 13.2 Å². The molecule has 0 aliphatic rings. The zero-order valence-electron chi connectivity index (χ0n) is 10.9. The van der Waals surface area contributed by atoms with Crippen molar-refractivity contribution in [1.29, 1.82) is 0 Å². The van der Waals surface area contributed by atoms with Crippen LogP contribution in [-0.2, 0) is 6.18 Å². The van der Waals surface area contributed by atoms with Gasteiger partial charge in [0.15, 0.2) is 0 Å². The smallest absolute Gasteiger partial charge is 0.341 e. The fourth-order valence-corrected chi connectivity index (χ4v) is 1.70. The molecule has 0 N–H and O–H groups in total. The number of carbonyl (C=O) groups is 1. The molecule has 0 unspecified atom stereocenters. The summed E-state index contributed by atoms with van der Waals surface area (Å²) in [5.41, 5.74) is -1.59. The van der Waals surface area contributed by atoms with Crippen LogP contribution in [0.15, 0.2) is 18.2 Å². The van der Waals surface area contributed by atoms with Crippen molar-refractivity contribution in [1.82, 2.24) is 4.90 Å². The molecule has 0 aliphatic heterocycles. The monoisotopic (exact) mass is 277 g/mol. The summed E-state index contributed by atoms with van der Waals surface area (Å²) in [5.74, 6) is -1.56. The Labute approximate surface area is 109 Å². The highest BCUT2D eigenvalue weighted by atomic mass is 19.4. The van der Waals surface area contributed by atoms with Crippen LogP contribution in [0.2, 0.25) is 0 Å². The summed E-state index contributed by atoms with van der Waals surface area (Å²) in [6.07, 6.45) is -4.60. The third-order valence-electron chi connectivity index (χ3n) is 2.51. The summed E-state index contributed by atoms with van der Waals surface area (Å²) < 4.78 is 51.1. The van der Waals surface area contributed by atoms with Crippen molar-refractivity contribution in [2.24, 2.45) is 5.92 Å². The van der Waals surface area contributed by atoms with E-state index in [1.165, 1.54) is 11.9 Å². The first kappa shape index (κ1) is 15.5. The van der Waals surface area contributed by atoms with Crippen molar-refractivity contribution >= 4 is 5.91 Å². The van der Waals surface area contributed by atoms with Gasteiger partial charge in [0.25, 0.3) is 5.91 Å². The molecule has 0 aromatic heterocycles. The fourth-order valence-electron chi connectivity index (χ4n) is 1.70. The lowest BCUT2D eigenvalue weighted by molar-refractivity contribution is -0.137. The highest BCUT2D eigenvalue weighted by molar-refractivity contribution is 5.94. The van der Waals surface area contributed by atoms with E-state index in [2.05, 4.69) is 0 Å². The molecule has 0 radical (unpaired) electrons. The maximum absolute atomic E-state index is 13.5. The normalized spacial score (nSPS) is 11.8. The summed E-state index contributed by atoms with van der Waals surface area (Å²) in [5, 5.41) is 0. The predicted molar refractivity (Wildman–Crippen MR) is 63.2 cm³/mol. The van der Waals surface area contributed by atoms with E-state index in [1.807, 2.05) is 13.8 Å². The number of hydrogen-bond acceptors (Lipinski definition) is 1. The quantitative estimate of drug-likeness (QED) is 0.773. The lowest BCUT2D eigenvalue weighted by Gasteiger charge is -2.20. The van der Waals surface area contributed by atoms with Crippen LogP contribution in [0.25, 0.3) is 0 Å². The van der Waals surface area contributed by atoms with Gasteiger partial charge >= 0.3 is 6.18 Å². The van der Waals surface area contributed by atoms with Gasteiger partial charge in [0.1, 0.15) is 5.82 Å². The number of carbonyl (C=O) groups excluding carboxylic acids is 1. The van der Waals surface area contributed by atoms with Crippen molar-refractivity contribution in [2.75, 3.05) is 13.6 Å². The first-order chi connectivity index (χ1) is 8.62. The van der Waals surface area contributed by atoms with Gasteiger partial charge in [0.2, 0.25) is 0 Å². The Bertz CT molecular complexity index is 468. The van der Waals surface area contributed by atoms with Crippen LogP contribution in [0, 0.1) is 11.7 Å². The summed E-state index contributed by atoms with van der Waals surface area (Å²) in [7, 11) is 1.43. The van der Waals surface area contributed by atoms with Gasteiger partial charge in [-0.15, -0.1) is 0 Å². The summed E-state index contributed by atoms with van der Waals surface area (Å²) in [4.78, 5) is 13.1. The average molecular weight is 277 g/mol. The van der Waals surface area contributed by atoms with Gasteiger partial charge in [-0.1, -0.05) is 13.8 Å². The van der Waals surface area contributed by atoms with Gasteiger partial charge in [-0.25, -0.2) is 4.39 Å². The molecule has 2 nitrogen and oxygen atoms in total. The average Bonchev–Trinajstić information content (AvgIpc) is 2.26. The van der Waals surface area contributed by atoms with Gasteiger partial charge in [0.05, 0.1) is 11.1 Å². The Morgan fingerprint density at radius 1 is 1.32 bits per heavy atom. The fraction of sp³-hybridized carbons (Fsp3) is 0.462. The minimum Gasteiger partial charge on any atom is -0.341 e. The Kier molecular flexibility index (Phi) is 4.55. The largest absolute Gasteiger partial charge is 0.416 e. The summed E-state index contributed by atoms with van der Waals surface area (Å²) in [6.45, 7) is 4.05. The van der Waals surface area contributed by atoms with Crippen molar-refractivity contribution in [3.05, 3.63) is 35.1 Å². The zero-order valence-corrected chi connectivity index (χ0v) is 10.9. The van der Waals surface area contributed by atoms with Crippen LogP contribution >= 0.6 is 0 Å². The van der Waals surface area contributed by atoms with Crippen molar-refractivity contribution in [3.8, 4) is 0 Å². The molecular weight excluding hydrogens is 262 g/mol. The standard InChI is InChI=1S/C13H15F4NO/c1-8(2)7-18(3)12(19)10-6-9(13(15,16)17)4-5-11(10)14/h4-6,8H,7H2,1-3H3. The van der Waals surface area contributed by atoms with Crippen LogP contribution < -0.4 is 0 Å². The molecule has 1 rings (SSSR count). The van der Waals surface area contributed by atoms with E-state index < -0.39 is 29.0 Å². The van der Waals surface area contributed by atoms with E-state index in [0.717, 1.165) is 0 Å². The molecule has 1 aromatic carbocycles. The number of nitrogens with zero attached hydrogens (tertiary/aromatic N) is 1. The molecule has 6 heteroatoms. The molecule has 0 heterocycles. The topological polar surface area (TPSA) is 20.3 Å². The van der Waals surface area contributed by atoms with Crippen LogP contribution in [-0.4, -0.2) is 24.4 Å². The number of hydrogen-bond donors (Lipinski definition) is 0. The molecule has 0 saturated carbocycles. The first-order valence-electron chi connectivity index (χ1n) is 5.75. The molecular formula is C13H15F4NO. The second-order valence-corrected chi connectivity index (χ2v) is 4.77. The Hall–Kier alpha value is -1.59. The minimum atomic E-state index is -4.60. The molecule has 0 saturated heterocycles. The van der Waals surface area contributed by atoms with Gasteiger partial charge in [-0.3, -0.25) is 4.79 Å². The van der Waals surface area contributed by atoms with Crippen LogP contribution in [0.3, 0.4) is 0 Å². The van der Waals surface area contributed by atoms with Crippen molar-refractivity contribution < 1.29 is 22.4 Å². The van der Waals surface area contributed by atoms with E-state index >= 15 is 0 Å². The molecule has 0 fully saturated rings. The number of amides is 1. The van der Waals surface area contributed by atoms with Crippen molar-refractivity contribution in [2.45, 2.75) is 20.0 Å². The SMILES string of the molecule is CC(C)CN(C)C(=O)c1cc(C(F)(F)F)ccc1F. The lowest BCUT2D eigenvalue weighted by Crippen LogP contribution is -2.31. The van der Waals surface area contributed by atoms with Crippen LogP contribution in [0.5, 0.6) is 0 Å². The maximum Gasteiger partial charge on any atom is 0.416 e. The number of benzene rings is 1. The highest BCUT2D eigenvalue weighted by Gasteiger charge is 2.32. The number of rotatable bonds is 3. The van der Waals surface area contributed by atoms with E-state index in [1.54, 1.807) is 0 Å². The molecule has 0 atom stereocenters. The molecule has 1 amide bonds. The Morgan fingerprint density at radius 3 is 2.37 bits per heavy atom. The van der Waals surface area contributed by atoms with E-state index in [0.29, 0.717) is 24.7 Å². The number of halogens is 4. The zero-order chi connectivity index (χ0) is 14.8. The predicted octanol–water partition coefficient (Wildman–Crippen LogP) is 3.57. The third kappa shape index (κ3) is 3.94. The van der Waals surface area contributed by atoms with Gasteiger partial charge in [0, 0.05) is 13.6 Å². The molecule has 1 aromatic rings. The minimum absolute atomic E-state index is 0.141. The third-order valence-corrected chi connectivity index (χ3v) is 2.51. The molecule has 0 aliphatic carbocycles. The number of alkyl halides is 3. The lowest BCUT2D eigenvalue weighted by atomic mass is 10.1. The molecule has 0 spiro atoms. The highest BCUT2D eigenvalue weighted by Crippen LogP contribution is 2.30. The first-order valence-corrected chi connectivity index (χ1v) is 5.75. The van der Waals surface area contributed by atoms with Crippen LogP contribution in [0.4, 0.5) is 17.6 Å². The van der Waals surface area contributed by atoms with E-state index in [-0.39, 0.29) is 5.92 Å². The summed E-state index contributed by atoms with van der Waals surface area (Å²) in [6, 6.07) is 1.84. The van der Waals surface area contributed by atoms with Crippen LogP contribution in [0.1, 0.15) is 29.8 Å². The van der Waals surface area contributed by atoms with E-state index in [9.17, 15) is 22.4 Å². The van der Waals surface area contributed by atoms with Crippen molar-refractivity contribution in [3.63, 3.8) is 0 Å². The second kappa shape index (κ2) is 5.59. The van der Waals surface area contributed by atoms with Gasteiger partial charge in [-0.05, 0) is 24.1 Å².